The van der Waals surface area contributed by atoms with E-state index in [0.717, 1.165) is 18.5 Å². The van der Waals surface area contributed by atoms with Crippen LogP contribution < -0.4 is 5.73 Å². The molecule has 1 aliphatic rings. The number of hydrogen-bond donors (Lipinski definition) is 1. The minimum Gasteiger partial charge on any atom is -0.330 e. The van der Waals surface area contributed by atoms with Crippen LogP contribution in [0.3, 0.4) is 0 Å². The predicted octanol–water partition coefficient (Wildman–Crippen LogP) is 2.35. The van der Waals surface area contributed by atoms with Crippen molar-refractivity contribution >= 4 is 0 Å². The first-order valence-corrected chi connectivity index (χ1v) is 5.24. The highest BCUT2D eigenvalue weighted by atomic mass is 19.1. The quantitative estimate of drug-likeness (QED) is 0.783. The molecule has 0 spiro atoms. The summed E-state index contributed by atoms with van der Waals surface area (Å²) in [7, 11) is 0. The summed E-state index contributed by atoms with van der Waals surface area (Å²) in [4.78, 5) is 0. The van der Waals surface area contributed by atoms with Crippen molar-refractivity contribution in [1.82, 2.24) is 0 Å². The van der Waals surface area contributed by atoms with Crippen molar-refractivity contribution in [2.45, 2.75) is 19.3 Å². The smallest absolute Gasteiger partial charge is 0.126 e. The van der Waals surface area contributed by atoms with Gasteiger partial charge in [-0.1, -0.05) is 18.2 Å². The second kappa shape index (κ2) is 4.09. The number of nitrogens with two attached hydrogens (primary N) is 1. The summed E-state index contributed by atoms with van der Waals surface area (Å²) in [5.74, 6) is 1.15. The van der Waals surface area contributed by atoms with Crippen molar-refractivity contribution in [3.63, 3.8) is 0 Å². The van der Waals surface area contributed by atoms with Crippen LogP contribution in [-0.2, 0) is 6.42 Å². The third kappa shape index (κ3) is 1.80. The summed E-state index contributed by atoms with van der Waals surface area (Å²) < 4.78 is 13.3. The lowest BCUT2D eigenvalue weighted by Crippen LogP contribution is -2.33. The maximum Gasteiger partial charge on any atom is 0.126 e. The van der Waals surface area contributed by atoms with Gasteiger partial charge in [0.05, 0.1) is 0 Å². The molecule has 1 saturated carbocycles. The van der Waals surface area contributed by atoms with Gasteiger partial charge in [-0.2, -0.15) is 0 Å². The maximum absolute atomic E-state index is 13.3. The van der Waals surface area contributed by atoms with E-state index >= 15 is 0 Å². The molecule has 1 fully saturated rings. The van der Waals surface area contributed by atoms with E-state index < -0.39 is 0 Å². The highest BCUT2D eigenvalue weighted by molar-refractivity contribution is 5.18. The van der Waals surface area contributed by atoms with Crippen LogP contribution in [0.15, 0.2) is 24.3 Å². The topological polar surface area (TPSA) is 26.0 Å². The van der Waals surface area contributed by atoms with Crippen LogP contribution in [0.1, 0.15) is 18.4 Å². The predicted molar refractivity (Wildman–Crippen MR) is 55.4 cm³/mol. The number of halogens is 1. The van der Waals surface area contributed by atoms with Crippen LogP contribution in [0.4, 0.5) is 4.39 Å². The molecule has 0 aliphatic heterocycles. The van der Waals surface area contributed by atoms with E-state index in [1.54, 1.807) is 6.07 Å². The van der Waals surface area contributed by atoms with Crippen LogP contribution in [0.5, 0.6) is 0 Å². The molecule has 1 aromatic carbocycles. The van der Waals surface area contributed by atoms with Gasteiger partial charge in [-0.3, -0.25) is 0 Å². The minimum atomic E-state index is -0.0739. The molecule has 0 bridgehead atoms. The zero-order valence-electron chi connectivity index (χ0n) is 8.25. The number of benzene rings is 1. The molecule has 2 atom stereocenters. The molecule has 76 valence electrons. The first kappa shape index (κ1) is 9.66. The van der Waals surface area contributed by atoms with Gasteiger partial charge < -0.3 is 5.73 Å². The molecule has 1 nitrogen and oxygen atoms in total. The van der Waals surface area contributed by atoms with Crippen molar-refractivity contribution in [1.29, 1.82) is 0 Å². The highest BCUT2D eigenvalue weighted by Gasteiger charge is 2.29. The van der Waals surface area contributed by atoms with Crippen LogP contribution in [-0.4, -0.2) is 6.54 Å². The molecule has 1 aliphatic carbocycles. The molecule has 2 N–H and O–H groups in total. The van der Waals surface area contributed by atoms with Gasteiger partial charge >= 0.3 is 0 Å². The van der Waals surface area contributed by atoms with Gasteiger partial charge in [0.2, 0.25) is 0 Å². The average molecular weight is 193 g/mol. The molecule has 0 radical (unpaired) electrons. The fourth-order valence-corrected chi connectivity index (χ4v) is 2.16. The Hall–Kier alpha value is -0.890. The molecule has 2 rings (SSSR count). The molecule has 0 saturated heterocycles. The van der Waals surface area contributed by atoms with Gasteiger partial charge in [0.25, 0.3) is 0 Å². The largest absolute Gasteiger partial charge is 0.330 e. The Labute approximate surface area is 84.1 Å². The Morgan fingerprint density at radius 2 is 1.93 bits per heavy atom. The van der Waals surface area contributed by atoms with Crippen molar-refractivity contribution in [3.8, 4) is 0 Å². The molecule has 14 heavy (non-hydrogen) atoms. The Morgan fingerprint density at radius 3 is 2.50 bits per heavy atom. The fourth-order valence-electron chi connectivity index (χ4n) is 2.16. The van der Waals surface area contributed by atoms with Gasteiger partial charge in [-0.25, -0.2) is 4.39 Å². The summed E-state index contributed by atoms with van der Waals surface area (Å²) in [5.41, 5.74) is 6.47. The third-order valence-corrected chi connectivity index (χ3v) is 3.32. The van der Waals surface area contributed by atoms with Gasteiger partial charge in [-0.15, -0.1) is 0 Å². The van der Waals surface area contributed by atoms with E-state index in [-0.39, 0.29) is 5.82 Å². The van der Waals surface area contributed by atoms with Crippen LogP contribution in [0, 0.1) is 17.7 Å². The number of rotatable bonds is 3. The molecule has 2 unspecified atom stereocenters. The van der Waals surface area contributed by atoms with Gasteiger partial charge in [0, 0.05) is 0 Å². The SMILES string of the molecule is NCC1CCC1Cc1ccccc1F. The lowest BCUT2D eigenvalue weighted by molar-refractivity contribution is 0.182. The Kier molecular flexibility index (Phi) is 2.82. The van der Waals surface area contributed by atoms with Crippen molar-refractivity contribution in [2.24, 2.45) is 17.6 Å². The molecular formula is C12H16FN. The Morgan fingerprint density at radius 1 is 1.21 bits per heavy atom. The zero-order chi connectivity index (χ0) is 9.97. The van der Waals surface area contributed by atoms with E-state index in [2.05, 4.69) is 0 Å². The summed E-state index contributed by atoms with van der Waals surface area (Å²) >= 11 is 0. The monoisotopic (exact) mass is 193 g/mol. The Bertz CT molecular complexity index is 309. The lowest BCUT2D eigenvalue weighted by Gasteiger charge is -2.36. The first-order valence-electron chi connectivity index (χ1n) is 5.24. The zero-order valence-corrected chi connectivity index (χ0v) is 8.25. The van der Waals surface area contributed by atoms with Crippen molar-refractivity contribution in [3.05, 3.63) is 35.6 Å². The van der Waals surface area contributed by atoms with Crippen LogP contribution >= 0.6 is 0 Å². The van der Waals surface area contributed by atoms with Crippen molar-refractivity contribution < 1.29 is 4.39 Å². The molecule has 0 aromatic heterocycles. The second-order valence-electron chi connectivity index (χ2n) is 4.13. The van der Waals surface area contributed by atoms with Crippen LogP contribution in [0.25, 0.3) is 0 Å². The summed E-state index contributed by atoms with van der Waals surface area (Å²) in [6.45, 7) is 0.749. The van der Waals surface area contributed by atoms with E-state index in [1.165, 1.54) is 18.9 Å². The third-order valence-electron chi connectivity index (χ3n) is 3.32. The fraction of sp³-hybridized carbons (Fsp3) is 0.500. The van der Waals surface area contributed by atoms with Gasteiger partial charge in [-0.05, 0) is 49.3 Å². The maximum atomic E-state index is 13.3. The molecule has 0 heterocycles. The van der Waals surface area contributed by atoms with Crippen LogP contribution in [0.2, 0.25) is 0 Å². The van der Waals surface area contributed by atoms with E-state index in [4.69, 9.17) is 5.73 Å². The molecule has 0 amide bonds. The minimum absolute atomic E-state index is 0.0739. The summed E-state index contributed by atoms with van der Waals surface area (Å²) in [6.07, 6.45) is 3.28. The van der Waals surface area contributed by atoms with Crippen molar-refractivity contribution in [2.75, 3.05) is 6.54 Å². The van der Waals surface area contributed by atoms with E-state index in [1.807, 2.05) is 12.1 Å². The van der Waals surface area contributed by atoms with Gasteiger partial charge in [0.15, 0.2) is 0 Å². The van der Waals surface area contributed by atoms with E-state index in [9.17, 15) is 4.39 Å². The first-order chi connectivity index (χ1) is 6.81. The number of hydrogen-bond acceptors (Lipinski definition) is 1. The second-order valence-corrected chi connectivity index (χ2v) is 4.13. The van der Waals surface area contributed by atoms with E-state index in [0.29, 0.717) is 11.8 Å². The summed E-state index contributed by atoms with van der Waals surface area (Å²) in [5, 5.41) is 0. The molecular weight excluding hydrogens is 177 g/mol. The molecule has 1 aromatic rings. The standard InChI is InChI=1S/C12H16FN/c13-12-4-2-1-3-10(12)7-9-5-6-11(9)8-14/h1-4,9,11H,5-8,14H2. The normalized spacial score (nSPS) is 25.9. The van der Waals surface area contributed by atoms with Gasteiger partial charge in [0.1, 0.15) is 5.82 Å². The highest BCUT2D eigenvalue weighted by Crippen LogP contribution is 2.36. The summed E-state index contributed by atoms with van der Waals surface area (Å²) in [6, 6.07) is 7.04. The average Bonchev–Trinajstić information content (AvgIpc) is 2.15. The lowest BCUT2D eigenvalue weighted by atomic mass is 9.71. The molecule has 2 heteroatoms. The Balaban J connectivity index is 2.01.